The van der Waals surface area contributed by atoms with Gasteiger partial charge in [0.25, 0.3) is 0 Å². The van der Waals surface area contributed by atoms with Crippen LogP contribution < -0.4 is 0 Å². The summed E-state index contributed by atoms with van der Waals surface area (Å²) in [5, 5.41) is 18.1. The number of hydrogen-bond donors (Lipinski definition) is 0. The van der Waals surface area contributed by atoms with Crippen LogP contribution >= 0.6 is 0 Å². The highest BCUT2D eigenvalue weighted by Crippen LogP contribution is 2.22. The molecule has 16 heavy (non-hydrogen) atoms. The third-order valence-corrected chi connectivity index (χ3v) is 2.39. The summed E-state index contributed by atoms with van der Waals surface area (Å²) in [6.45, 7) is 0. The molecule has 0 bridgehead atoms. The molecule has 2 aromatic heterocycles. The molecule has 0 aliphatic heterocycles. The van der Waals surface area contributed by atoms with Crippen molar-refractivity contribution in [3.63, 3.8) is 0 Å². The summed E-state index contributed by atoms with van der Waals surface area (Å²) in [6, 6.07) is 11.7. The van der Waals surface area contributed by atoms with Crippen molar-refractivity contribution in [3.8, 4) is 11.4 Å². The Kier molecular flexibility index (Phi) is 2.04. The maximum absolute atomic E-state index is 4.12. The van der Waals surface area contributed by atoms with Gasteiger partial charge in [0, 0.05) is 17.0 Å². The highest BCUT2D eigenvalue weighted by Gasteiger charge is 2.06. The fraction of sp³-hybridized carbons (Fsp3) is 0. The Balaban J connectivity index is 2.32. The van der Waals surface area contributed by atoms with E-state index in [0.29, 0.717) is 0 Å². The average molecular weight is 208 g/mol. The molecule has 0 fully saturated rings. The topological polar surface area (TPSA) is 51.6 Å². The first kappa shape index (κ1) is 8.91. The van der Waals surface area contributed by atoms with Gasteiger partial charge in [0.2, 0.25) is 0 Å². The average Bonchev–Trinajstić information content (AvgIpc) is 2.39. The molecular weight excluding hydrogens is 200 g/mol. The predicted molar refractivity (Wildman–Crippen MR) is 60.6 cm³/mol. The summed E-state index contributed by atoms with van der Waals surface area (Å²) >= 11 is 0. The van der Waals surface area contributed by atoms with Crippen LogP contribution in [0, 0.1) is 0 Å². The molecule has 0 N–H and O–H groups in total. The SMILES string of the molecule is c1cnnc(-c2nncc3ccccc23)c1. The van der Waals surface area contributed by atoms with E-state index in [9.17, 15) is 0 Å². The lowest BCUT2D eigenvalue weighted by Gasteiger charge is -2.02. The molecule has 0 radical (unpaired) electrons. The summed E-state index contributed by atoms with van der Waals surface area (Å²) < 4.78 is 0. The van der Waals surface area contributed by atoms with Crippen LogP contribution in [0.2, 0.25) is 0 Å². The second-order valence-electron chi connectivity index (χ2n) is 3.39. The van der Waals surface area contributed by atoms with E-state index in [-0.39, 0.29) is 0 Å². The molecule has 0 aliphatic rings. The molecule has 2 heterocycles. The van der Waals surface area contributed by atoms with Crippen LogP contribution in [0.4, 0.5) is 0 Å². The van der Waals surface area contributed by atoms with Crippen LogP contribution in [-0.2, 0) is 0 Å². The van der Waals surface area contributed by atoms with Gasteiger partial charge in [-0.25, -0.2) is 0 Å². The van der Waals surface area contributed by atoms with Gasteiger partial charge >= 0.3 is 0 Å². The molecule has 0 atom stereocenters. The molecular formula is C12H8N4. The molecule has 0 unspecified atom stereocenters. The van der Waals surface area contributed by atoms with Crippen molar-refractivity contribution in [2.75, 3.05) is 0 Å². The highest BCUT2D eigenvalue weighted by molar-refractivity contribution is 5.92. The Hall–Kier alpha value is -2.36. The number of rotatable bonds is 1. The number of aromatic nitrogens is 4. The third-order valence-electron chi connectivity index (χ3n) is 2.39. The third kappa shape index (κ3) is 1.40. The number of hydrogen-bond acceptors (Lipinski definition) is 4. The van der Waals surface area contributed by atoms with Gasteiger partial charge in [-0.3, -0.25) is 0 Å². The van der Waals surface area contributed by atoms with Gasteiger partial charge in [-0.2, -0.15) is 10.2 Å². The first-order chi connectivity index (χ1) is 7.95. The molecule has 0 amide bonds. The molecule has 76 valence electrons. The fourth-order valence-corrected chi connectivity index (χ4v) is 1.64. The van der Waals surface area contributed by atoms with Gasteiger partial charge in [0.05, 0.1) is 6.20 Å². The first-order valence-corrected chi connectivity index (χ1v) is 4.93. The lowest BCUT2D eigenvalue weighted by molar-refractivity contribution is 0.999. The van der Waals surface area contributed by atoms with Crippen LogP contribution in [0.5, 0.6) is 0 Å². The molecule has 0 aliphatic carbocycles. The van der Waals surface area contributed by atoms with Gasteiger partial charge in [-0.15, -0.1) is 10.2 Å². The van der Waals surface area contributed by atoms with Crippen molar-refractivity contribution in [1.29, 1.82) is 0 Å². The molecule has 0 saturated heterocycles. The number of fused-ring (bicyclic) bond motifs is 1. The fourth-order valence-electron chi connectivity index (χ4n) is 1.64. The minimum absolute atomic E-state index is 0.742. The van der Waals surface area contributed by atoms with E-state index in [1.54, 1.807) is 12.4 Å². The number of nitrogens with zero attached hydrogens (tertiary/aromatic N) is 4. The minimum atomic E-state index is 0.742. The zero-order valence-corrected chi connectivity index (χ0v) is 8.41. The molecule has 4 heteroatoms. The largest absolute Gasteiger partial charge is 0.158 e. The van der Waals surface area contributed by atoms with Crippen LogP contribution in [0.25, 0.3) is 22.2 Å². The summed E-state index contributed by atoms with van der Waals surface area (Å²) in [7, 11) is 0. The smallest absolute Gasteiger partial charge is 0.121 e. The van der Waals surface area contributed by atoms with Crippen molar-refractivity contribution in [2.24, 2.45) is 0 Å². The van der Waals surface area contributed by atoms with Crippen LogP contribution in [-0.4, -0.2) is 20.4 Å². The monoisotopic (exact) mass is 208 g/mol. The molecule has 0 spiro atoms. The van der Waals surface area contributed by atoms with Gasteiger partial charge in [0.15, 0.2) is 0 Å². The van der Waals surface area contributed by atoms with Crippen molar-refractivity contribution in [3.05, 3.63) is 48.8 Å². The summed E-state index contributed by atoms with van der Waals surface area (Å²) in [5.74, 6) is 0. The summed E-state index contributed by atoms with van der Waals surface area (Å²) in [5.41, 5.74) is 1.51. The molecule has 0 saturated carbocycles. The molecule has 1 aromatic carbocycles. The van der Waals surface area contributed by atoms with E-state index >= 15 is 0 Å². The standard InChI is InChI=1S/C12H8N4/c1-2-5-10-9(4-1)8-14-16-12(10)11-6-3-7-13-15-11/h1-8H. The quantitative estimate of drug-likeness (QED) is 0.614. The summed E-state index contributed by atoms with van der Waals surface area (Å²) in [4.78, 5) is 0. The van der Waals surface area contributed by atoms with E-state index in [0.717, 1.165) is 22.2 Å². The zero-order chi connectivity index (χ0) is 10.8. The zero-order valence-electron chi connectivity index (χ0n) is 8.41. The normalized spacial score (nSPS) is 10.5. The Morgan fingerprint density at radius 2 is 1.75 bits per heavy atom. The van der Waals surface area contributed by atoms with Crippen molar-refractivity contribution >= 4 is 10.8 Å². The van der Waals surface area contributed by atoms with Gasteiger partial charge in [0.1, 0.15) is 11.4 Å². The lowest BCUT2D eigenvalue weighted by atomic mass is 10.1. The maximum atomic E-state index is 4.12. The van der Waals surface area contributed by atoms with Gasteiger partial charge in [-0.05, 0) is 12.1 Å². The summed E-state index contributed by atoms with van der Waals surface area (Å²) in [6.07, 6.45) is 3.39. The Bertz CT molecular complexity index is 617. The Labute approximate surface area is 92.0 Å². The second-order valence-corrected chi connectivity index (χ2v) is 3.39. The van der Waals surface area contributed by atoms with Crippen LogP contribution in [0.15, 0.2) is 48.8 Å². The number of benzene rings is 1. The Morgan fingerprint density at radius 3 is 2.62 bits per heavy atom. The minimum Gasteiger partial charge on any atom is -0.158 e. The highest BCUT2D eigenvalue weighted by atomic mass is 15.1. The van der Waals surface area contributed by atoms with Crippen LogP contribution in [0.1, 0.15) is 0 Å². The van der Waals surface area contributed by atoms with E-state index in [2.05, 4.69) is 20.4 Å². The van der Waals surface area contributed by atoms with E-state index in [4.69, 9.17) is 0 Å². The molecule has 3 aromatic rings. The van der Waals surface area contributed by atoms with E-state index in [1.165, 1.54) is 0 Å². The maximum Gasteiger partial charge on any atom is 0.121 e. The predicted octanol–water partition coefficient (Wildman–Crippen LogP) is 2.09. The van der Waals surface area contributed by atoms with Crippen molar-refractivity contribution in [1.82, 2.24) is 20.4 Å². The van der Waals surface area contributed by atoms with Crippen molar-refractivity contribution < 1.29 is 0 Å². The Morgan fingerprint density at radius 1 is 0.812 bits per heavy atom. The second kappa shape index (κ2) is 3.66. The van der Waals surface area contributed by atoms with E-state index < -0.39 is 0 Å². The van der Waals surface area contributed by atoms with Gasteiger partial charge < -0.3 is 0 Å². The van der Waals surface area contributed by atoms with E-state index in [1.807, 2.05) is 36.4 Å². The lowest BCUT2D eigenvalue weighted by Crippen LogP contribution is -1.92. The molecule has 4 nitrogen and oxygen atoms in total. The van der Waals surface area contributed by atoms with Gasteiger partial charge in [-0.1, -0.05) is 24.3 Å². The first-order valence-electron chi connectivity index (χ1n) is 4.93. The van der Waals surface area contributed by atoms with Crippen LogP contribution in [0.3, 0.4) is 0 Å². The molecule has 3 rings (SSSR count). The van der Waals surface area contributed by atoms with Crippen molar-refractivity contribution in [2.45, 2.75) is 0 Å².